The van der Waals surface area contributed by atoms with E-state index in [2.05, 4.69) is 51.5 Å². The lowest BCUT2D eigenvalue weighted by Crippen LogP contribution is -2.43. The zero-order valence-electron chi connectivity index (χ0n) is 18.4. The number of hydrogen-bond donors (Lipinski definition) is 1. The van der Waals surface area contributed by atoms with Gasteiger partial charge in [-0.3, -0.25) is 9.69 Å². The fourth-order valence-electron chi connectivity index (χ4n) is 3.74. The minimum Gasteiger partial charge on any atom is -0.379 e. The number of morpholine rings is 1. The van der Waals surface area contributed by atoms with Crippen LogP contribution in [0.2, 0.25) is 0 Å². The summed E-state index contributed by atoms with van der Waals surface area (Å²) in [5.41, 5.74) is 3.08. The van der Waals surface area contributed by atoms with E-state index < -0.39 is 0 Å². The Kier molecular flexibility index (Phi) is 7.57. The van der Waals surface area contributed by atoms with Gasteiger partial charge in [0.05, 0.1) is 30.6 Å². The molecule has 3 aromatic rings. The number of carbonyl (C=O) groups excluding carboxylic acids is 1. The fourth-order valence-corrected chi connectivity index (χ4v) is 4.63. The van der Waals surface area contributed by atoms with E-state index in [0.717, 1.165) is 18.0 Å². The molecule has 1 atom stereocenters. The maximum atomic E-state index is 13.1. The molecule has 0 aliphatic carbocycles. The molecule has 0 radical (unpaired) electrons. The van der Waals surface area contributed by atoms with Gasteiger partial charge < -0.3 is 14.6 Å². The predicted molar refractivity (Wildman–Crippen MR) is 124 cm³/mol. The number of hydrogen-bond acceptors (Lipinski definition) is 7. The molecule has 1 amide bonds. The lowest BCUT2D eigenvalue weighted by atomic mass is 10.0. The zero-order valence-corrected chi connectivity index (χ0v) is 19.2. The van der Waals surface area contributed by atoms with Crippen LogP contribution in [0.15, 0.2) is 57.9 Å². The molecule has 1 aliphatic heterocycles. The van der Waals surface area contributed by atoms with Gasteiger partial charge in [0.1, 0.15) is 0 Å². The number of amides is 1. The van der Waals surface area contributed by atoms with Crippen LogP contribution in [0, 0.1) is 13.8 Å². The molecule has 168 valence electrons. The van der Waals surface area contributed by atoms with Crippen molar-refractivity contribution >= 4 is 17.7 Å². The van der Waals surface area contributed by atoms with Crippen molar-refractivity contribution in [1.82, 2.24) is 20.4 Å². The van der Waals surface area contributed by atoms with Crippen molar-refractivity contribution in [3.8, 4) is 0 Å². The van der Waals surface area contributed by atoms with Crippen LogP contribution in [0.3, 0.4) is 0 Å². The van der Waals surface area contributed by atoms with Gasteiger partial charge in [-0.25, -0.2) is 0 Å². The minimum atomic E-state index is -0.0832. The second-order valence-corrected chi connectivity index (χ2v) is 8.82. The molecule has 0 spiro atoms. The fraction of sp³-hybridized carbons (Fsp3) is 0.375. The van der Waals surface area contributed by atoms with Gasteiger partial charge in [0.2, 0.25) is 5.89 Å². The Bertz CT molecular complexity index is 1030. The van der Waals surface area contributed by atoms with Gasteiger partial charge in [0.25, 0.3) is 5.91 Å². The van der Waals surface area contributed by atoms with E-state index in [1.54, 1.807) is 6.92 Å². The summed E-state index contributed by atoms with van der Waals surface area (Å²) in [6.45, 7) is 7.53. The minimum absolute atomic E-state index is 0.0832. The highest BCUT2D eigenvalue weighted by Crippen LogP contribution is 2.27. The van der Waals surface area contributed by atoms with Crippen LogP contribution >= 0.6 is 11.8 Å². The molecule has 0 saturated carbocycles. The zero-order chi connectivity index (χ0) is 22.3. The lowest BCUT2D eigenvalue weighted by Gasteiger charge is -2.35. The van der Waals surface area contributed by atoms with E-state index in [9.17, 15) is 4.79 Å². The Morgan fingerprint density at radius 2 is 1.88 bits per heavy atom. The number of nitrogens with one attached hydrogen (secondary N) is 1. The SMILES string of the molecule is Cc1ccc(C(CNC(=O)c2ccccc2SCc2nc(C)no2)N2CCOCC2)cc1. The maximum absolute atomic E-state index is 13.1. The van der Waals surface area contributed by atoms with Crippen LogP contribution in [0.5, 0.6) is 0 Å². The molecule has 1 unspecified atom stereocenters. The summed E-state index contributed by atoms with van der Waals surface area (Å²) in [6.07, 6.45) is 0. The highest BCUT2D eigenvalue weighted by atomic mass is 32.2. The van der Waals surface area contributed by atoms with Crippen LogP contribution in [0.25, 0.3) is 0 Å². The Hall–Kier alpha value is -2.68. The number of aromatic nitrogens is 2. The van der Waals surface area contributed by atoms with Crippen LogP contribution < -0.4 is 5.32 Å². The van der Waals surface area contributed by atoms with E-state index in [-0.39, 0.29) is 11.9 Å². The summed E-state index contributed by atoms with van der Waals surface area (Å²) >= 11 is 1.52. The van der Waals surface area contributed by atoms with E-state index in [0.29, 0.717) is 42.8 Å². The molecular weight excluding hydrogens is 424 g/mol. The molecule has 1 aliphatic rings. The smallest absolute Gasteiger partial charge is 0.252 e. The number of nitrogens with zero attached hydrogens (tertiary/aromatic N) is 3. The lowest BCUT2D eigenvalue weighted by molar-refractivity contribution is 0.0162. The van der Waals surface area contributed by atoms with E-state index in [1.165, 1.54) is 22.9 Å². The Morgan fingerprint density at radius 1 is 1.12 bits per heavy atom. The van der Waals surface area contributed by atoms with E-state index >= 15 is 0 Å². The second kappa shape index (κ2) is 10.8. The van der Waals surface area contributed by atoms with Gasteiger partial charge in [-0.05, 0) is 31.5 Å². The van der Waals surface area contributed by atoms with Gasteiger partial charge in [-0.15, -0.1) is 11.8 Å². The largest absolute Gasteiger partial charge is 0.379 e. The topological polar surface area (TPSA) is 80.5 Å². The van der Waals surface area contributed by atoms with Gasteiger partial charge in [0, 0.05) is 24.5 Å². The van der Waals surface area contributed by atoms with Crippen molar-refractivity contribution in [1.29, 1.82) is 0 Å². The van der Waals surface area contributed by atoms with Crippen molar-refractivity contribution in [2.75, 3.05) is 32.8 Å². The Labute approximate surface area is 192 Å². The van der Waals surface area contributed by atoms with Crippen molar-refractivity contribution in [2.24, 2.45) is 0 Å². The van der Waals surface area contributed by atoms with E-state index in [1.807, 2.05) is 24.3 Å². The molecule has 32 heavy (non-hydrogen) atoms. The second-order valence-electron chi connectivity index (χ2n) is 7.81. The number of carbonyl (C=O) groups is 1. The summed E-state index contributed by atoms with van der Waals surface area (Å²) in [5.74, 6) is 1.59. The maximum Gasteiger partial charge on any atom is 0.252 e. The number of aryl methyl sites for hydroxylation is 2. The van der Waals surface area contributed by atoms with Crippen LogP contribution in [-0.4, -0.2) is 53.8 Å². The third-order valence-electron chi connectivity index (χ3n) is 5.46. The Morgan fingerprint density at radius 3 is 2.59 bits per heavy atom. The molecule has 1 fully saturated rings. The molecule has 0 bridgehead atoms. The van der Waals surface area contributed by atoms with E-state index in [4.69, 9.17) is 9.26 Å². The quantitative estimate of drug-likeness (QED) is 0.521. The average Bonchev–Trinajstić information content (AvgIpc) is 3.25. The van der Waals surface area contributed by atoms with Gasteiger partial charge in [0.15, 0.2) is 5.82 Å². The van der Waals surface area contributed by atoms with Crippen LogP contribution in [0.1, 0.15) is 39.2 Å². The molecule has 4 rings (SSSR count). The summed E-state index contributed by atoms with van der Waals surface area (Å²) in [6, 6.07) is 16.3. The highest BCUT2D eigenvalue weighted by molar-refractivity contribution is 7.98. The number of rotatable bonds is 8. The standard InChI is InChI=1S/C24H28N4O3S/c1-17-7-9-19(10-8-17)21(28-11-13-30-14-12-28)15-25-24(29)20-5-3-4-6-22(20)32-16-23-26-18(2)27-31-23/h3-10,21H,11-16H2,1-2H3,(H,25,29). The van der Waals surface area contributed by atoms with Gasteiger partial charge >= 0.3 is 0 Å². The molecule has 1 aromatic heterocycles. The summed E-state index contributed by atoms with van der Waals surface area (Å²) in [7, 11) is 0. The number of benzene rings is 2. The third-order valence-corrected chi connectivity index (χ3v) is 6.52. The molecule has 8 heteroatoms. The number of ether oxygens (including phenoxy) is 1. The first-order valence-electron chi connectivity index (χ1n) is 10.8. The third kappa shape index (κ3) is 5.76. The summed E-state index contributed by atoms with van der Waals surface area (Å²) < 4.78 is 10.7. The van der Waals surface area contributed by atoms with Crippen molar-refractivity contribution < 1.29 is 14.1 Å². The summed E-state index contributed by atoms with van der Waals surface area (Å²) in [5, 5.41) is 6.99. The molecule has 2 heterocycles. The molecular formula is C24H28N4O3S. The predicted octanol–water partition coefficient (Wildman–Crippen LogP) is 3.78. The monoisotopic (exact) mass is 452 g/mol. The normalized spacial score (nSPS) is 15.4. The first-order valence-corrected chi connectivity index (χ1v) is 11.8. The molecule has 1 N–H and O–H groups in total. The first-order chi connectivity index (χ1) is 15.6. The molecule has 1 saturated heterocycles. The average molecular weight is 453 g/mol. The highest BCUT2D eigenvalue weighted by Gasteiger charge is 2.24. The van der Waals surface area contributed by atoms with Gasteiger partial charge in [-0.2, -0.15) is 4.98 Å². The van der Waals surface area contributed by atoms with Crippen molar-refractivity contribution in [3.63, 3.8) is 0 Å². The Balaban J connectivity index is 1.45. The number of thioether (sulfide) groups is 1. The molecule has 2 aromatic carbocycles. The van der Waals surface area contributed by atoms with Crippen molar-refractivity contribution in [3.05, 3.63) is 76.9 Å². The summed E-state index contributed by atoms with van der Waals surface area (Å²) in [4.78, 5) is 20.6. The van der Waals surface area contributed by atoms with Gasteiger partial charge in [-0.1, -0.05) is 47.1 Å². The van der Waals surface area contributed by atoms with Crippen LogP contribution in [0.4, 0.5) is 0 Å². The first kappa shape index (κ1) is 22.5. The van der Waals surface area contributed by atoms with Crippen molar-refractivity contribution in [2.45, 2.75) is 30.5 Å². The van der Waals surface area contributed by atoms with Crippen LogP contribution in [-0.2, 0) is 10.5 Å². The molecule has 7 nitrogen and oxygen atoms in total.